The van der Waals surface area contributed by atoms with Crippen LogP contribution < -0.4 is 14.8 Å². The first kappa shape index (κ1) is 31.6. The van der Waals surface area contributed by atoms with Crippen LogP contribution in [0.3, 0.4) is 0 Å². The van der Waals surface area contributed by atoms with Gasteiger partial charge in [-0.15, -0.1) is 0 Å². The molecule has 9 heteroatoms. The molecule has 3 atom stereocenters. The summed E-state index contributed by atoms with van der Waals surface area (Å²) in [5.74, 6) is -5.53. The fraction of sp³-hybridized carbons (Fsp3) is 0.324. The molecule has 1 saturated carbocycles. The summed E-state index contributed by atoms with van der Waals surface area (Å²) in [6, 6.07) is 18.2. The average molecular weight is 604 g/mol. The molecular weight excluding hydrogens is 570 g/mol. The Kier molecular flexibility index (Phi) is 9.50. The van der Waals surface area contributed by atoms with Crippen molar-refractivity contribution in [3.8, 4) is 11.5 Å². The molecule has 1 aliphatic carbocycles. The molecule has 0 unspecified atom stereocenters. The molecule has 3 aromatic rings. The summed E-state index contributed by atoms with van der Waals surface area (Å²) in [6.07, 6.45) is -0.244. The van der Waals surface area contributed by atoms with Gasteiger partial charge in [0.25, 0.3) is 5.91 Å². The molecule has 0 aromatic heterocycles. The van der Waals surface area contributed by atoms with E-state index in [0.717, 1.165) is 0 Å². The number of ether oxygens (including phenoxy) is 2. The van der Waals surface area contributed by atoms with Gasteiger partial charge in [0.1, 0.15) is 17.3 Å². The van der Waals surface area contributed by atoms with E-state index in [4.69, 9.17) is 21.1 Å². The van der Waals surface area contributed by atoms with Crippen LogP contribution in [0.5, 0.6) is 11.5 Å². The molecular formula is C34H34ClNO7. The third-order valence-corrected chi connectivity index (χ3v) is 8.27. The Hall–Kier alpha value is -4.30. The predicted octanol–water partition coefficient (Wildman–Crippen LogP) is 6.03. The van der Waals surface area contributed by atoms with Gasteiger partial charge in [0.2, 0.25) is 5.78 Å². The number of hydrogen-bond acceptors (Lipinski definition) is 7. The smallest absolute Gasteiger partial charge is 0.292 e. The number of rotatable bonds is 10. The fourth-order valence-electron chi connectivity index (χ4n) is 5.66. The Bertz CT molecular complexity index is 1560. The summed E-state index contributed by atoms with van der Waals surface area (Å²) in [6.45, 7) is 4.99. The van der Waals surface area contributed by atoms with Gasteiger partial charge in [-0.1, -0.05) is 37.6 Å². The highest BCUT2D eigenvalue weighted by molar-refractivity contribution is 6.45. The molecule has 0 radical (unpaired) electrons. The van der Waals surface area contributed by atoms with Crippen molar-refractivity contribution in [1.29, 1.82) is 0 Å². The third-order valence-electron chi connectivity index (χ3n) is 8.03. The van der Waals surface area contributed by atoms with Crippen LogP contribution in [-0.2, 0) is 19.2 Å². The highest BCUT2D eigenvalue weighted by Crippen LogP contribution is 2.43. The number of benzene rings is 3. The standard InChI is InChI=1S/C34H34ClNO7/c1-19-16-22(35)10-15-27(19)36-33(41)32(40)29-31(39)26(28(37)18-34(29,2)3)17-25(20-6-11-23(42-4)12-7-20)30(38)21-8-13-24(43-5)14-9-21/h6-16,25-26,29H,17-18H2,1-5H3,(H,36,41)/t25-,26-,29-/m1/s1. The van der Waals surface area contributed by atoms with Crippen LogP contribution in [0, 0.1) is 24.2 Å². The first-order valence-corrected chi connectivity index (χ1v) is 14.2. The number of amides is 1. The number of nitrogens with one attached hydrogen (secondary N) is 1. The molecule has 0 heterocycles. The largest absolute Gasteiger partial charge is 0.497 e. The molecule has 1 amide bonds. The van der Waals surface area contributed by atoms with Gasteiger partial charge in [-0.2, -0.15) is 0 Å². The van der Waals surface area contributed by atoms with Crippen molar-refractivity contribution in [2.45, 2.75) is 39.5 Å². The first-order valence-electron chi connectivity index (χ1n) is 13.9. The number of hydrogen-bond donors (Lipinski definition) is 1. The maximum absolute atomic E-state index is 14.0. The van der Waals surface area contributed by atoms with E-state index in [9.17, 15) is 24.0 Å². The summed E-state index contributed by atoms with van der Waals surface area (Å²) in [4.78, 5) is 67.9. The van der Waals surface area contributed by atoms with Gasteiger partial charge in [-0.05, 0) is 84.5 Å². The van der Waals surface area contributed by atoms with E-state index in [0.29, 0.717) is 38.9 Å². The van der Waals surface area contributed by atoms with E-state index in [1.165, 1.54) is 14.2 Å². The monoisotopic (exact) mass is 603 g/mol. The van der Waals surface area contributed by atoms with Gasteiger partial charge in [0.15, 0.2) is 11.6 Å². The molecule has 8 nitrogen and oxygen atoms in total. The zero-order valence-corrected chi connectivity index (χ0v) is 25.5. The quantitative estimate of drug-likeness (QED) is 0.171. The second kappa shape index (κ2) is 12.9. The molecule has 1 N–H and O–H groups in total. The molecule has 3 aromatic carbocycles. The lowest BCUT2D eigenvalue weighted by molar-refractivity contribution is -0.153. The van der Waals surface area contributed by atoms with E-state index in [1.807, 2.05) is 0 Å². The van der Waals surface area contributed by atoms with Crippen molar-refractivity contribution < 1.29 is 33.4 Å². The molecule has 0 aliphatic heterocycles. The van der Waals surface area contributed by atoms with E-state index in [2.05, 4.69) is 5.32 Å². The zero-order chi connectivity index (χ0) is 31.5. The molecule has 224 valence electrons. The Labute approximate surface area is 255 Å². The van der Waals surface area contributed by atoms with E-state index in [1.54, 1.807) is 87.5 Å². The van der Waals surface area contributed by atoms with Crippen LogP contribution in [0.2, 0.25) is 5.02 Å². The number of carbonyl (C=O) groups excluding carboxylic acids is 5. The Balaban J connectivity index is 1.65. The van der Waals surface area contributed by atoms with Crippen LogP contribution in [0.15, 0.2) is 66.7 Å². The Morgan fingerprint density at radius 1 is 0.930 bits per heavy atom. The summed E-state index contributed by atoms with van der Waals surface area (Å²) >= 11 is 6.01. The topological polar surface area (TPSA) is 116 Å². The lowest BCUT2D eigenvalue weighted by atomic mass is 9.60. The average Bonchev–Trinajstić information content (AvgIpc) is 2.97. The predicted molar refractivity (Wildman–Crippen MR) is 163 cm³/mol. The van der Waals surface area contributed by atoms with Crippen LogP contribution in [0.4, 0.5) is 5.69 Å². The van der Waals surface area contributed by atoms with Crippen molar-refractivity contribution in [3.05, 3.63) is 88.4 Å². The lowest BCUT2D eigenvalue weighted by Crippen LogP contribution is -2.52. The maximum atomic E-state index is 14.0. The van der Waals surface area contributed by atoms with Gasteiger partial charge in [-0.3, -0.25) is 24.0 Å². The molecule has 43 heavy (non-hydrogen) atoms. The summed E-state index contributed by atoms with van der Waals surface area (Å²) in [5, 5.41) is 3.06. The number of halogens is 1. The molecule has 0 saturated heterocycles. The van der Waals surface area contributed by atoms with Gasteiger partial charge < -0.3 is 14.8 Å². The lowest BCUT2D eigenvalue weighted by Gasteiger charge is -2.39. The second-order valence-electron chi connectivity index (χ2n) is 11.5. The number of methoxy groups -OCH3 is 2. The minimum atomic E-state index is -1.37. The number of ketones is 4. The van der Waals surface area contributed by atoms with Crippen LogP contribution in [0.1, 0.15) is 54.1 Å². The first-order chi connectivity index (χ1) is 20.4. The molecule has 1 aliphatic rings. The Morgan fingerprint density at radius 3 is 2.07 bits per heavy atom. The number of aryl methyl sites for hydroxylation is 1. The van der Waals surface area contributed by atoms with Gasteiger partial charge in [0, 0.05) is 28.6 Å². The van der Waals surface area contributed by atoms with Gasteiger partial charge in [-0.25, -0.2) is 0 Å². The SMILES string of the molecule is COc1ccc(C(=O)[C@H](C[C@@H]2C(=O)CC(C)(C)[C@@H](C(=O)C(=O)Nc3ccc(Cl)cc3C)C2=O)c2ccc(OC)cc2)cc1. The Morgan fingerprint density at radius 2 is 1.51 bits per heavy atom. The van der Waals surface area contributed by atoms with E-state index in [-0.39, 0.29) is 24.4 Å². The molecule has 1 fully saturated rings. The summed E-state index contributed by atoms with van der Waals surface area (Å²) in [5.41, 5.74) is 0.911. The number of anilines is 1. The zero-order valence-electron chi connectivity index (χ0n) is 24.7. The van der Waals surface area contributed by atoms with E-state index < -0.39 is 40.6 Å². The number of Topliss-reactive ketones (excluding diaryl/α,β-unsaturated/α-hetero) is 4. The van der Waals surface area contributed by atoms with Crippen molar-refractivity contribution in [3.63, 3.8) is 0 Å². The minimum Gasteiger partial charge on any atom is -0.497 e. The fourth-order valence-corrected chi connectivity index (χ4v) is 5.88. The van der Waals surface area contributed by atoms with Crippen LogP contribution in [-0.4, -0.2) is 43.3 Å². The van der Waals surface area contributed by atoms with Crippen LogP contribution >= 0.6 is 11.6 Å². The van der Waals surface area contributed by atoms with Crippen molar-refractivity contribution in [2.75, 3.05) is 19.5 Å². The maximum Gasteiger partial charge on any atom is 0.292 e. The third kappa shape index (κ3) is 6.86. The highest BCUT2D eigenvalue weighted by atomic mass is 35.5. The van der Waals surface area contributed by atoms with Crippen LogP contribution in [0.25, 0.3) is 0 Å². The van der Waals surface area contributed by atoms with Crippen molar-refractivity contribution >= 4 is 46.3 Å². The van der Waals surface area contributed by atoms with Gasteiger partial charge in [0.05, 0.1) is 26.1 Å². The number of carbonyl (C=O) groups is 5. The minimum absolute atomic E-state index is 0.0981. The normalized spacial score (nSPS) is 18.5. The summed E-state index contributed by atoms with van der Waals surface area (Å²) in [7, 11) is 3.05. The van der Waals surface area contributed by atoms with E-state index >= 15 is 0 Å². The second-order valence-corrected chi connectivity index (χ2v) is 11.9. The molecule has 0 spiro atoms. The highest BCUT2D eigenvalue weighted by Gasteiger charge is 2.53. The van der Waals surface area contributed by atoms with Crippen molar-refractivity contribution in [1.82, 2.24) is 0 Å². The van der Waals surface area contributed by atoms with Gasteiger partial charge >= 0.3 is 0 Å². The molecule has 4 rings (SSSR count). The van der Waals surface area contributed by atoms with Crippen molar-refractivity contribution in [2.24, 2.45) is 17.3 Å². The molecule has 0 bridgehead atoms. The summed E-state index contributed by atoms with van der Waals surface area (Å²) < 4.78 is 10.5.